The number of aromatic nitrogens is 4. The molecule has 25 atom stereocenters. The quantitative estimate of drug-likeness (QED) is 0.0114. The van der Waals surface area contributed by atoms with Crippen molar-refractivity contribution in [3.05, 3.63) is 67.0 Å². The Morgan fingerprint density at radius 2 is 1.23 bits per heavy atom. The molecule has 16 N–H and O–H groups in total. The molecule has 0 spiro atoms. The van der Waals surface area contributed by atoms with Crippen LogP contribution < -0.4 is 48.9 Å². The van der Waals surface area contributed by atoms with Crippen LogP contribution in [0.5, 0.6) is 17.2 Å². The van der Waals surface area contributed by atoms with E-state index in [0.717, 1.165) is 12.1 Å². The number of hydrogen-bond donors (Lipinski definition) is 16. The molecule has 0 radical (unpaired) electrons. The third-order valence-electron chi connectivity index (χ3n) is 15.8. The number of carbonyl (C=O) groups is 1. The van der Waals surface area contributed by atoms with Crippen LogP contribution in [0.25, 0.3) is 10.9 Å². The van der Waals surface area contributed by atoms with Gasteiger partial charge in [-0.1, -0.05) is 11.3 Å². The Hall–Kier alpha value is -3.65. The van der Waals surface area contributed by atoms with Crippen molar-refractivity contribution in [3.8, 4) is 17.2 Å². The molecule has 93 heavy (non-hydrogen) atoms. The normalized spacial score (nSPS) is 36.5. The van der Waals surface area contributed by atoms with E-state index >= 15 is 0 Å². The molecular formula is C53H70Br2N5NaO32. The molecule has 9 rings (SSSR count). The number of aliphatic carboxylic acids is 1. The molecule has 5 aliphatic heterocycles. The molecule has 7 heterocycles. The van der Waals surface area contributed by atoms with Gasteiger partial charge in [0, 0.05) is 12.3 Å². The second kappa shape index (κ2) is 33.3. The molecule has 0 aliphatic carbocycles. The van der Waals surface area contributed by atoms with E-state index in [0.29, 0.717) is 31.3 Å². The summed E-state index contributed by atoms with van der Waals surface area (Å²) in [5.41, 5.74) is 0.594. The second-order valence-corrected chi connectivity index (χ2v) is 23.6. The van der Waals surface area contributed by atoms with Crippen molar-refractivity contribution in [2.75, 3.05) is 46.2 Å². The Balaban J connectivity index is 0.0000111. The zero-order chi connectivity index (χ0) is 66.6. The number of nitrogens with one attached hydrogen (secondary N) is 1. The maximum Gasteiger partial charge on any atom is 1.00 e. The van der Waals surface area contributed by atoms with E-state index in [-0.39, 0.29) is 80.4 Å². The van der Waals surface area contributed by atoms with E-state index in [1.54, 1.807) is 18.5 Å². The first-order valence-corrected chi connectivity index (χ1v) is 30.1. The number of fused-ring (bicyclic) bond motifs is 1. The zero-order valence-corrected chi connectivity index (χ0v) is 54.3. The van der Waals surface area contributed by atoms with Gasteiger partial charge in [0.25, 0.3) is 0 Å². The first-order chi connectivity index (χ1) is 43.9. The third-order valence-corrected chi connectivity index (χ3v) is 17.2. The Morgan fingerprint density at radius 3 is 1.87 bits per heavy atom. The van der Waals surface area contributed by atoms with Crippen LogP contribution in [0.1, 0.15) is 18.2 Å². The number of halogens is 2. The molecule has 5 saturated heterocycles. The molecule has 5 fully saturated rings. The Labute approximate surface area is 564 Å². The summed E-state index contributed by atoms with van der Waals surface area (Å²) < 4.78 is 77.3. The van der Waals surface area contributed by atoms with Gasteiger partial charge in [0.15, 0.2) is 24.6 Å². The van der Waals surface area contributed by atoms with Crippen LogP contribution in [-0.2, 0) is 71.9 Å². The van der Waals surface area contributed by atoms with E-state index in [4.69, 9.17) is 61.6 Å². The number of carboxylic acid groups (broad SMARTS) is 1. The van der Waals surface area contributed by atoms with Gasteiger partial charge in [0.05, 0.1) is 95.8 Å². The summed E-state index contributed by atoms with van der Waals surface area (Å²) in [4.78, 5) is 25.8. The maximum atomic E-state index is 12.1. The minimum absolute atomic E-state index is 0. The van der Waals surface area contributed by atoms with E-state index in [9.17, 15) is 96.6 Å². The van der Waals surface area contributed by atoms with Crippen molar-refractivity contribution >= 4 is 54.4 Å². The number of aliphatic hydroxyl groups is 15. The molecule has 37 nitrogen and oxygen atoms in total. The van der Waals surface area contributed by atoms with Gasteiger partial charge in [-0.05, 0) is 56.5 Å². The van der Waals surface area contributed by atoms with Crippen molar-refractivity contribution in [2.24, 2.45) is 0 Å². The fraction of sp³-hybridized carbons (Fsp3) is 0.679. The fourth-order valence-corrected chi connectivity index (χ4v) is 12.4. The Bertz CT molecular complexity index is 3090. The number of rotatable bonds is 27. The van der Waals surface area contributed by atoms with Crippen LogP contribution in [0.3, 0.4) is 0 Å². The van der Waals surface area contributed by atoms with Gasteiger partial charge in [-0.3, -0.25) is 10.1 Å². The molecule has 0 saturated carbocycles. The number of hydrogen-bond acceptors (Lipinski definition) is 34. The number of nitro benzene ring substituents is 1. The molecule has 0 bridgehead atoms. The van der Waals surface area contributed by atoms with Crippen molar-refractivity contribution < 1.29 is 183 Å². The van der Waals surface area contributed by atoms with Crippen molar-refractivity contribution in [2.45, 2.75) is 180 Å². The van der Waals surface area contributed by atoms with Crippen LogP contribution in [0.15, 0.2) is 45.6 Å². The molecular weight excluding hydrogens is 1400 g/mol. The Kier molecular flexibility index (Phi) is 26.9. The first kappa shape index (κ1) is 75.1. The van der Waals surface area contributed by atoms with Crippen molar-refractivity contribution in [1.82, 2.24) is 20.0 Å². The zero-order valence-electron chi connectivity index (χ0n) is 49.2. The number of aromatic amines is 1. The number of carbonyl (C=O) groups excluding carboxylic acids is 1. The number of carboxylic acids is 1. The van der Waals surface area contributed by atoms with Gasteiger partial charge in [-0.25, -0.2) is 4.68 Å². The predicted octanol–water partition coefficient (Wildman–Crippen LogP) is -10.3. The smallest absolute Gasteiger partial charge is 0.547 e. The standard InChI is InChI=1S/C53H71Br2N5O32.Na/c1-18-32(65)36(69)44(27(13-62)84-18)89-52-41(74)38(71)45(28(14-63)87-52)91-53-48(42(75)46(29(15-64)88-53)90-51-39(72)34(67)33(66)26(12-61)86-51)81-7-6-80-5-4-59-11-20(57-58-59)17-83-43-21(54)9-22-30(31(43)55)25(10-56-22)82-16-19-2-3-24(23(8-19)60(78)79)85-50-40(73)35(68)37(70)47(92-50)49(76)77;/h2-3,8-11,18,26-29,32-42,44-48,50-53,56,61-75H,4-7,12-17H2,1H3,(H,76,77);/q;+1/p-1/t18?,26?,27?,28?,29?,32?,33-,34+,35-,36-,37-,38-,39?,40+,41?,42+,44-,45-,46-,47-,48?,50+,51+,52+,53+;/m1./s1. The molecule has 514 valence electrons. The number of aliphatic hydroxyl groups excluding tert-OH is 15. The van der Waals surface area contributed by atoms with Crippen molar-refractivity contribution in [3.63, 3.8) is 0 Å². The van der Waals surface area contributed by atoms with Crippen LogP contribution in [0, 0.1) is 10.1 Å². The summed E-state index contributed by atoms with van der Waals surface area (Å²) in [6.07, 6.45) is -40.7. The minimum Gasteiger partial charge on any atom is -0.547 e. The third kappa shape index (κ3) is 16.7. The monoisotopic (exact) mass is 1470 g/mol. The van der Waals surface area contributed by atoms with Gasteiger partial charge >= 0.3 is 35.2 Å². The van der Waals surface area contributed by atoms with Gasteiger partial charge in [-0.15, -0.1) is 5.10 Å². The summed E-state index contributed by atoms with van der Waals surface area (Å²) in [6, 6.07) is 5.36. The molecule has 40 heteroatoms. The summed E-state index contributed by atoms with van der Waals surface area (Å²) in [5, 5.41) is 191. The number of nitrogens with zero attached hydrogens (tertiary/aromatic N) is 4. The average Bonchev–Trinajstić information content (AvgIpc) is 1.68. The van der Waals surface area contributed by atoms with Crippen LogP contribution in [0.2, 0.25) is 0 Å². The summed E-state index contributed by atoms with van der Waals surface area (Å²) >= 11 is 7.10. The van der Waals surface area contributed by atoms with E-state index in [1.807, 2.05) is 0 Å². The van der Waals surface area contributed by atoms with E-state index < -0.39 is 202 Å². The topological polar surface area (TPSA) is 553 Å². The number of ether oxygens (including phenoxy) is 13. The minimum atomic E-state index is -2.11. The van der Waals surface area contributed by atoms with Crippen molar-refractivity contribution in [1.29, 1.82) is 0 Å². The maximum absolute atomic E-state index is 12.1. The largest absolute Gasteiger partial charge is 1.00 e. The summed E-state index contributed by atoms with van der Waals surface area (Å²) in [7, 11) is 0. The van der Waals surface area contributed by atoms with E-state index in [1.165, 1.54) is 17.7 Å². The first-order valence-electron chi connectivity index (χ1n) is 28.5. The molecule has 4 aromatic rings. The molecule has 9 unspecified atom stereocenters. The molecule has 0 amide bonds. The van der Waals surface area contributed by atoms with Gasteiger partial charge in [0.2, 0.25) is 6.29 Å². The van der Waals surface area contributed by atoms with Gasteiger partial charge in [-0.2, -0.15) is 0 Å². The van der Waals surface area contributed by atoms with Crippen LogP contribution in [0.4, 0.5) is 5.69 Å². The number of nitro groups is 1. The number of H-pyrrole nitrogens is 1. The Morgan fingerprint density at radius 1 is 0.645 bits per heavy atom. The SMILES string of the molecule is CC1OC(CO)[C@@H](O[C@@H]2OC(CO)[C@@H](O[C@@H]3OC(CO)[C@@H](O[C@@H]4OC(CO)[C@@H](O)[C@H](O)C4O)[C@H](O)C3OCCOCCn3cc(COc4c(Br)cc5[nH]cc(OCc6ccc(O[C@H]7O[C@@H](C(=O)[O-])[C@H](O)[C@@H](O)[C@@H]7O)c([N+](=O)[O-])c6)c5c4Br)nn3)[C@H](O)C2O)[C@H](O)C1O.[Na+]. The summed E-state index contributed by atoms with van der Waals surface area (Å²) in [6.45, 7) is -2.69. The molecule has 5 aliphatic rings. The second-order valence-electron chi connectivity index (χ2n) is 21.9. The van der Waals surface area contributed by atoms with Crippen LogP contribution >= 0.6 is 31.9 Å². The van der Waals surface area contributed by atoms with Gasteiger partial charge in [0.1, 0.15) is 152 Å². The average molecular weight is 1470 g/mol. The predicted molar refractivity (Wildman–Crippen MR) is 300 cm³/mol. The molecule has 2 aromatic carbocycles. The van der Waals surface area contributed by atoms with E-state index in [2.05, 4.69) is 47.2 Å². The van der Waals surface area contributed by atoms with Crippen LogP contribution in [-0.4, -0.2) is 307 Å². The van der Waals surface area contributed by atoms with Gasteiger partial charge < -0.3 is 153 Å². The molecule has 2 aromatic heterocycles. The fourth-order valence-electron chi connectivity index (χ4n) is 10.8. The number of benzene rings is 2. The summed E-state index contributed by atoms with van der Waals surface area (Å²) in [5.74, 6) is -1.78.